The van der Waals surface area contributed by atoms with Crippen LogP contribution in [0.1, 0.15) is 66.4 Å². The van der Waals surface area contributed by atoms with Gasteiger partial charge in [-0.05, 0) is 30.3 Å². The van der Waals surface area contributed by atoms with Crippen LogP contribution in [0.25, 0.3) is 0 Å². The summed E-state index contributed by atoms with van der Waals surface area (Å²) in [6.07, 6.45) is -1.05. The number of esters is 2. The van der Waals surface area contributed by atoms with Crippen LogP contribution in [0, 0.1) is 0 Å². The van der Waals surface area contributed by atoms with E-state index >= 15 is 0 Å². The first-order valence-electron chi connectivity index (χ1n) is 10.4. The number of nitrogens with one attached hydrogen (secondary N) is 1. The summed E-state index contributed by atoms with van der Waals surface area (Å²) in [4.78, 5) is 61.9. The lowest BCUT2D eigenvalue weighted by molar-refractivity contribution is -0.162. The van der Waals surface area contributed by atoms with Gasteiger partial charge in [-0.1, -0.05) is 36.4 Å². The van der Waals surface area contributed by atoms with Gasteiger partial charge in [-0.25, -0.2) is 4.79 Å². The average Bonchev–Trinajstić information content (AvgIpc) is 2.82. The van der Waals surface area contributed by atoms with Crippen LogP contribution in [-0.4, -0.2) is 35.7 Å². The van der Waals surface area contributed by atoms with Crippen molar-refractivity contribution in [3.63, 3.8) is 0 Å². The fourth-order valence-electron chi connectivity index (χ4n) is 3.68. The van der Waals surface area contributed by atoms with Gasteiger partial charge in [0.15, 0.2) is 11.6 Å². The van der Waals surface area contributed by atoms with Crippen LogP contribution in [0.2, 0.25) is 0 Å². The van der Waals surface area contributed by atoms with E-state index in [1.807, 2.05) is 0 Å². The molecule has 0 spiro atoms. The average molecular weight is 457 g/mol. The molecule has 0 saturated carbocycles. The third-order valence-electron chi connectivity index (χ3n) is 5.19. The van der Waals surface area contributed by atoms with Crippen LogP contribution in [0.5, 0.6) is 0 Å². The van der Waals surface area contributed by atoms with Crippen molar-refractivity contribution in [1.82, 2.24) is 0 Å². The van der Waals surface area contributed by atoms with Crippen molar-refractivity contribution >= 4 is 35.1 Å². The van der Waals surface area contributed by atoms with Crippen molar-refractivity contribution in [2.45, 2.75) is 20.1 Å². The number of carbonyl (C=O) groups excluding carboxylic acids is 5. The molecule has 1 amide bonds. The van der Waals surface area contributed by atoms with Crippen LogP contribution in [0.3, 0.4) is 0 Å². The maximum Gasteiger partial charge on any atom is 0.341 e. The number of hydrogen-bond donors (Lipinski definition) is 1. The molecule has 0 bridgehead atoms. The lowest BCUT2D eigenvalue weighted by atomic mass is 9.83. The number of benzene rings is 3. The largest absolute Gasteiger partial charge is 0.426 e. The zero-order valence-electron chi connectivity index (χ0n) is 18.3. The fourth-order valence-corrected chi connectivity index (χ4v) is 3.68. The van der Waals surface area contributed by atoms with E-state index in [0.29, 0.717) is 5.56 Å². The van der Waals surface area contributed by atoms with Crippen molar-refractivity contribution in [2.75, 3.05) is 5.32 Å². The van der Waals surface area contributed by atoms with Crippen LogP contribution in [0.15, 0.2) is 66.7 Å². The summed E-state index contributed by atoms with van der Waals surface area (Å²) in [6, 6.07) is 16.9. The second kappa shape index (κ2) is 9.11. The Morgan fingerprint density at radius 1 is 0.735 bits per heavy atom. The number of ketones is 2. The summed E-state index contributed by atoms with van der Waals surface area (Å²) >= 11 is 0. The van der Waals surface area contributed by atoms with Gasteiger partial charge in [0, 0.05) is 36.1 Å². The van der Waals surface area contributed by atoms with Gasteiger partial charge >= 0.3 is 11.9 Å². The zero-order valence-corrected chi connectivity index (χ0v) is 18.3. The van der Waals surface area contributed by atoms with Crippen LogP contribution < -0.4 is 5.32 Å². The second-order valence-electron chi connectivity index (χ2n) is 7.55. The summed E-state index contributed by atoms with van der Waals surface area (Å²) in [5, 5.41) is 2.68. The van der Waals surface area contributed by atoms with E-state index in [1.54, 1.807) is 42.5 Å². The molecule has 170 valence electrons. The minimum atomic E-state index is -1.05. The first-order chi connectivity index (χ1) is 16.3. The molecule has 34 heavy (non-hydrogen) atoms. The monoisotopic (exact) mass is 457 g/mol. The summed E-state index contributed by atoms with van der Waals surface area (Å²) in [7, 11) is 0. The third kappa shape index (κ3) is 4.33. The highest BCUT2D eigenvalue weighted by molar-refractivity contribution is 6.30. The molecule has 4 rings (SSSR count). The molecule has 1 unspecified atom stereocenters. The Bertz CT molecular complexity index is 1340. The Hall–Kier alpha value is -4.59. The normalized spacial score (nSPS) is 12.8. The highest BCUT2D eigenvalue weighted by atomic mass is 16.7. The summed E-state index contributed by atoms with van der Waals surface area (Å²) in [5.74, 6) is -2.46. The van der Waals surface area contributed by atoms with Gasteiger partial charge in [0.1, 0.15) is 0 Å². The Labute approximate surface area is 194 Å². The van der Waals surface area contributed by atoms with Crippen LogP contribution >= 0.6 is 0 Å². The molecule has 0 saturated heterocycles. The molecule has 0 heterocycles. The number of carbonyl (C=O) groups is 5. The molecule has 0 aromatic heterocycles. The van der Waals surface area contributed by atoms with Crippen molar-refractivity contribution in [2.24, 2.45) is 0 Å². The topological polar surface area (TPSA) is 116 Å². The standard InChI is InChI=1S/C26H19NO7/c1-14(28)33-15(2)34-26(32)17-12-10-16(11-13-17)25(31)27-21-9-5-8-20-22(21)24(30)19-7-4-3-6-18(19)23(20)29/h3-13,15H,1-2H3,(H,27,31). The predicted molar refractivity (Wildman–Crippen MR) is 121 cm³/mol. The highest BCUT2D eigenvalue weighted by Crippen LogP contribution is 2.32. The number of ether oxygens (including phenoxy) is 2. The second-order valence-corrected chi connectivity index (χ2v) is 7.55. The van der Waals surface area contributed by atoms with Crippen molar-refractivity contribution in [1.29, 1.82) is 0 Å². The molecule has 8 nitrogen and oxygen atoms in total. The first kappa shape index (κ1) is 22.6. The molecule has 0 fully saturated rings. The first-order valence-corrected chi connectivity index (χ1v) is 10.4. The van der Waals surface area contributed by atoms with Gasteiger partial charge in [0.25, 0.3) is 5.91 Å². The van der Waals surface area contributed by atoms with Gasteiger partial charge < -0.3 is 14.8 Å². The molecule has 1 aliphatic carbocycles. The molecule has 0 aliphatic heterocycles. The minimum absolute atomic E-state index is 0.138. The summed E-state index contributed by atoms with van der Waals surface area (Å²) in [6.45, 7) is 2.61. The Morgan fingerprint density at radius 3 is 1.97 bits per heavy atom. The van der Waals surface area contributed by atoms with E-state index in [0.717, 1.165) is 0 Å². The third-order valence-corrected chi connectivity index (χ3v) is 5.19. The molecule has 3 aromatic carbocycles. The van der Waals surface area contributed by atoms with Crippen molar-refractivity contribution in [3.8, 4) is 0 Å². The van der Waals surface area contributed by atoms with Gasteiger partial charge in [-0.3, -0.25) is 19.2 Å². The lowest BCUT2D eigenvalue weighted by Gasteiger charge is -2.20. The maximum absolute atomic E-state index is 13.1. The number of amides is 1. The minimum Gasteiger partial charge on any atom is -0.426 e. The number of hydrogen-bond acceptors (Lipinski definition) is 7. The fraction of sp³-hybridized carbons (Fsp3) is 0.115. The number of rotatable bonds is 5. The zero-order chi connectivity index (χ0) is 24.4. The SMILES string of the molecule is CC(=O)OC(C)OC(=O)c1ccc(C(=O)Nc2cccc3c2C(=O)c2ccccc2C3=O)cc1. The van der Waals surface area contributed by atoms with Gasteiger partial charge in [-0.2, -0.15) is 0 Å². The Balaban J connectivity index is 1.53. The molecule has 1 atom stereocenters. The molecule has 8 heteroatoms. The molecular weight excluding hydrogens is 438 g/mol. The molecular formula is C26H19NO7. The number of anilines is 1. The molecule has 1 N–H and O–H groups in total. The van der Waals surface area contributed by atoms with E-state index in [9.17, 15) is 24.0 Å². The Kier molecular flexibility index (Phi) is 6.05. The molecule has 1 aliphatic rings. The van der Waals surface area contributed by atoms with Crippen molar-refractivity contribution in [3.05, 3.63) is 100 Å². The quantitative estimate of drug-likeness (QED) is 0.358. The van der Waals surface area contributed by atoms with E-state index < -0.39 is 24.1 Å². The van der Waals surface area contributed by atoms with E-state index in [4.69, 9.17) is 9.47 Å². The van der Waals surface area contributed by atoms with Gasteiger partial charge in [0.05, 0.1) is 16.8 Å². The smallest absolute Gasteiger partial charge is 0.341 e. The van der Waals surface area contributed by atoms with E-state index in [2.05, 4.69) is 5.32 Å². The molecule has 0 radical (unpaired) electrons. The highest BCUT2D eigenvalue weighted by Gasteiger charge is 2.31. The van der Waals surface area contributed by atoms with Gasteiger partial charge in [-0.15, -0.1) is 0 Å². The van der Waals surface area contributed by atoms with E-state index in [-0.39, 0.29) is 45.1 Å². The lowest BCUT2D eigenvalue weighted by Crippen LogP contribution is -2.24. The van der Waals surface area contributed by atoms with Gasteiger partial charge in [0.2, 0.25) is 6.29 Å². The van der Waals surface area contributed by atoms with Crippen LogP contribution in [0.4, 0.5) is 5.69 Å². The summed E-state index contributed by atoms with van der Waals surface area (Å²) in [5.41, 5.74) is 1.57. The Morgan fingerprint density at radius 2 is 1.32 bits per heavy atom. The summed E-state index contributed by atoms with van der Waals surface area (Å²) < 4.78 is 9.76. The molecule has 3 aromatic rings. The van der Waals surface area contributed by atoms with Crippen molar-refractivity contribution < 1.29 is 33.4 Å². The maximum atomic E-state index is 13.1. The van der Waals surface area contributed by atoms with Crippen LogP contribution in [-0.2, 0) is 14.3 Å². The number of fused-ring (bicyclic) bond motifs is 2. The van der Waals surface area contributed by atoms with E-state index in [1.165, 1.54) is 38.1 Å². The predicted octanol–water partition coefficient (Wildman–Crippen LogP) is 3.78.